The maximum atomic E-state index is 11.8. The van der Waals surface area contributed by atoms with Crippen molar-refractivity contribution in [1.82, 2.24) is 4.98 Å². The number of fused-ring (bicyclic) bond motifs is 1. The number of rotatable bonds is 8. The summed E-state index contributed by atoms with van der Waals surface area (Å²) in [6.45, 7) is 3.97. The summed E-state index contributed by atoms with van der Waals surface area (Å²) in [5.74, 6) is 0.516. The van der Waals surface area contributed by atoms with Crippen LogP contribution in [0, 0.1) is 0 Å². The number of ether oxygens (including phenoxy) is 2. The van der Waals surface area contributed by atoms with Crippen LogP contribution in [0.5, 0.6) is 5.75 Å². The molecule has 1 amide bonds. The molecule has 4 aromatic rings. The van der Waals surface area contributed by atoms with Crippen LogP contribution in [0.2, 0.25) is 0 Å². The molecule has 0 bridgehead atoms. The lowest BCUT2D eigenvalue weighted by Crippen LogP contribution is -2.29. The summed E-state index contributed by atoms with van der Waals surface area (Å²) in [7, 11) is 1.69. The van der Waals surface area contributed by atoms with E-state index in [1.165, 1.54) is 17.7 Å². The molecule has 3 aromatic carbocycles. The molecular weight excluding hydrogens is 420 g/mol. The number of benzene rings is 3. The molecule has 0 fully saturated rings. The molecule has 0 aliphatic carbocycles. The molecule has 0 aliphatic rings. The van der Waals surface area contributed by atoms with Gasteiger partial charge < -0.3 is 14.8 Å². The minimum Gasteiger partial charge on any atom is -0.489 e. The zero-order valence-corrected chi connectivity index (χ0v) is 19.2. The van der Waals surface area contributed by atoms with Crippen molar-refractivity contribution in [3.8, 4) is 5.75 Å². The third-order valence-electron chi connectivity index (χ3n) is 5.54. The summed E-state index contributed by atoms with van der Waals surface area (Å²) >= 11 is 1.55. The van der Waals surface area contributed by atoms with Crippen LogP contribution in [0.15, 0.2) is 72.2 Å². The Morgan fingerprint density at radius 2 is 1.91 bits per heavy atom. The number of hydrogen-bond donors (Lipinski definition) is 1. The number of nitrogens with zero attached hydrogens (tertiary/aromatic N) is 1. The Kier molecular flexibility index (Phi) is 6.53. The van der Waals surface area contributed by atoms with E-state index in [0.29, 0.717) is 24.5 Å². The van der Waals surface area contributed by atoms with Crippen molar-refractivity contribution in [2.45, 2.75) is 32.5 Å². The average molecular weight is 447 g/mol. The molecule has 32 heavy (non-hydrogen) atoms. The smallest absolute Gasteiger partial charge is 0.221 e. The van der Waals surface area contributed by atoms with Gasteiger partial charge in [-0.25, -0.2) is 4.98 Å². The summed E-state index contributed by atoms with van der Waals surface area (Å²) in [4.78, 5) is 16.3. The van der Waals surface area contributed by atoms with E-state index in [1.807, 2.05) is 35.7 Å². The topological polar surface area (TPSA) is 60.5 Å². The number of carbonyl (C=O) groups is 1. The highest BCUT2D eigenvalue weighted by Gasteiger charge is 2.36. The Labute approximate surface area is 192 Å². The Hall–Kier alpha value is -3.22. The minimum atomic E-state index is -0.719. The average Bonchev–Trinajstić information content (AvgIpc) is 3.34. The molecule has 1 atom stereocenters. The molecular formula is C26H26N2O3S. The second-order valence-corrected chi connectivity index (χ2v) is 8.51. The highest BCUT2D eigenvalue weighted by molar-refractivity contribution is 7.09. The van der Waals surface area contributed by atoms with Crippen LogP contribution in [-0.4, -0.2) is 18.0 Å². The summed E-state index contributed by atoms with van der Waals surface area (Å²) < 4.78 is 12.2. The summed E-state index contributed by atoms with van der Waals surface area (Å²) in [6.07, 6.45) is 2.46. The molecule has 0 radical (unpaired) electrons. The van der Waals surface area contributed by atoms with Crippen molar-refractivity contribution in [3.05, 3.63) is 88.4 Å². The van der Waals surface area contributed by atoms with Gasteiger partial charge in [0.1, 0.15) is 23.0 Å². The van der Waals surface area contributed by atoms with Gasteiger partial charge in [0.2, 0.25) is 5.91 Å². The van der Waals surface area contributed by atoms with Crippen LogP contribution in [0.3, 0.4) is 0 Å². The third kappa shape index (κ3) is 4.52. The molecule has 0 spiro atoms. The number of carbonyl (C=O) groups excluding carboxylic acids is 1. The summed E-state index contributed by atoms with van der Waals surface area (Å²) in [5.41, 5.74) is 1.90. The van der Waals surface area contributed by atoms with Gasteiger partial charge in [0.25, 0.3) is 0 Å². The van der Waals surface area contributed by atoms with E-state index in [1.54, 1.807) is 24.6 Å². The molecule has 0 saturated heterocycles. The van der Waals surface area contributed by atoms with Crippen LogP contribution in [0.4, 0.5) is 5.69 Å². The maximum absolute atomic E-state index is 11.8. The largest absolute Gasteiger partial charge is 0.489 e. The van der Waals surface area contributed by atoms with Crippen molar-refractivity contribution in [2.75, 3.05) is 12.4 Å². The molecule has 1 unspecified atom stereocenters. The van der Waals surface area contributed by atoms with Crippen LogP contribution in [-0.2, 0) is 21.7 Å². The van der Waals surface area contributed by atoms with E-state index >= 15 is 0 Å². The molecule has 1 N–H and O–H groups in total. The summed E-state index contributed by atoms with van der Waals surface area (Å²) in [6, 6.07) is 20.3. The third-order valence-corrected chi connectivity index (χ3v) is 6.45. The van der Waals surface area contributed by atoms with Crippen molar-refractivity contribution < 1.29 is 14.3 Å². The van der Waals surface area contributed by atoms with Gasteiger partial charge in [-0.1, -0.05) is 43.3 Å². The lowest BCUT2D eigenvalue weighted by molar-refractivity contribution is -0.114. The Morgan fingerprint density at radius 3 is 2.59 bits per heavy atom. The van der Waals surface area contributed by atoms with E-state index in [0.717, 1.165) is 16.1 Å². The maximum Gasteiger partial charge on any atom is 0.221 e. The first-order valence-electron chi connectivity index (χ1n) is 10.5. The van der Waals surface area contributed by atoms with Crippen molar-refractivity contribution in [2.24, 2.45) is 0 Å². The first-order valence-corrected chi connectivity index (χ1v) is 11.4. The van der Waals surface area contributed by atoms with Gasteiger partial charge in [0, 0.05) is 37.4 Å². The fourth-order valence-corrected chi connectivity index (χ4v) is 4.85. The standard InChI is InChI=1S/C26H26N2O3S/c1-4-26(30-3,25-27-11-12-32-25)22-14-23(28-18(2)29)16-24(15-22)31-17-19-9-10-20-7-5-6-8-21(20)13-19/h5-16H,4,17H2,1-3H3,(H,28,29). The zero-order valence-electron chi connectivity index (χ0n) is 18.4. The SMILES string of the molecule is CCC(OC)(c1cc(NC(C)=O)cc(OCc2ccc3ccccc3c2)c1)c1nccs1. The molecule has 0 saturated carbocycles. The number of thiazole rings is 1. The molecule has 5 nitrogen and oxygen atoms in total. The molecule has 1 heterocycles. The molecule has 6 heteroatoms. The molecule has 1 aromatic heterocycles. The van der Waals surface area contributed by atoms with E-state index in [9.17, 15) is 4.79 Å². The zero-order chi connectivity index (χ0) is 22.6. The molecule has 164 valence electrons. The van der Waals surface area contributed by atoms with Crippen LogP contribution >= 0.6 is 11.3 Å². The summed E-state index contributed by atoms with van der Waals surface area (Å²) in [5, 5.41) is 8.06. The van der Waals surface area contributed by atoms with Gasteiger partial charge in [-0.15, -0.1) is 11.3 Å². The minimum absolute atomic E-state index is 0.142. The fourth-order valence-electron chi connectivity index (χ4n) is 3.94. The van der Waals surface area contributed by atoms with Gasteiger partial charge in [-0.3, -0.25) is 4.79 Å². The second-order valence-electron chi connectivity index (χ2n) is 7.62. The van der Waals surface area contributed by atoms with Crippen molar-refractivity contribution in [1.29, 1.82) is 0 Å². The van der Waals surface area contributed by atoms with Gasteiger partial charge in [0.15, 0.2) is 0 Å². The van der Waals surface area contributed by atoms with Crippen LogP contribution in [0.25, 0.3) is 10.8 Å². The molecule has 0 aliphatic heterocycles. The highest BCUT2D eigenvalue weighted by atomic mass is 32.1. The van der Waals surface area contributed by atoms with E-state index in [2.05, 4.69) is 47.6 Å². The van der Waals surface area contributed by atoms with Crippen LogP contribution < -0.4 is 10.1 Å². The number of anilines is 1. The quantitative estimate of drug-likeness (QED) is 0.353. The predicted molar refractivity (Wildman–Crippen MR) is 129 cm³/mol. The van der Waals surface area contributed by atoms with Gasteiger partial charge in [0.05, 0.1) is 0 Å². The number of hydrogen-bond acceptors (Lipinski definition) is 5. The van der Waals surface area contributed by atoms with Crippen molar-refractivity contribution >= 4 is 33.7 Å². The fraction of sp³-hybridized carbons (Fsp3) is 0.231. The van der Waals surface area contributed by atoms with Gasteiger partial charge >= 0.3 is 0 Å². The van der Waals surface area contributed by atoms with Crippen LogP contribution in [0.1, 0.15) is 36.4 Å². The first-order chi connectivity index (χ1) is 15.5. The van der Waals surface area contributed by atoms with E-state index < -0.39 is 5.60 Å². The molecule has 4 rings (SSSR count). The normalized spacial score (nSPS) is 13.0. The van der Waals surface area contributed by atoms with Crippen molar-refractivity contribution in [3.63, 3.8) is 0 Å². The Bertz CT molecular complexity index is 1220. The number of nitrogens with one attached hydrogen (secondary N) is 1. The lowest BCUT2D eigenvalue weighted by Gasteiger charge is -2.30. The lowest BCUT2D eigenvalue weighted by atomic mass is 9.90. The number of methoxy groups -OCH3 is 1. The second kappa shape index (κ2) is 9.51. The Morgan fingerprint density at radius 1 is 1.09 bits per heavy atom. The van der Waals surface area contributed by atoms with E-state index in [4.69, 9.17) is 9.47 Å². The number of aromatic nitrogens is 1. The Balaban J connectivity index is 1.68. The van der Waals surface area contributed by atoms with Gasteiger partial charge in [-0.05, 0) is 46.5 Å². The number of amides is 1. The first kappa shape index (κ1) is 22.0. The van der Waals surface area contributed by atoms with Gasteiger partial charge in [-0.2, -0.15) is 0 Å². The monoisotopic (exact) mass is 446 g/mol. The highest BCUT2D eigenvalue weighted by Crippen LogP contribution is 2.40. The predicted octanol–water partition coefficient (Wildman–Crippen LogP) is 6.13. The van der Waals surface area contributed by atoms with E-state index in [-0.39, 0.29) is 5.91 Å².